The van der Waals surface area contributed by atoms with Crippen molar-refractivity contribution in [2.45, 2.75) is 45.1 Å². The molecule has 1 aromatic heterocycles. The fourth-order valence-electron chi connectivity index (χ4n) is 2.23. The summed E-state index contributed by atoms with van der Waals surface area (Å²) in [5.74, 6) is 1.98. The average Bonchev–Trinajstić information content (AvgIpc) is 2.56. The van der Waals surface area contributed by atoms with Gasteiger partial charge in [0, 0.05) is 6.54 Å². The maximum atomic E-state index is 12.5. The fourth-order valence-corrected chi connectivity index (χ4v) is 3.27. The van der Waals surface area contributed by atoms with E-state index in [0.29, 0.717) is 17.4 Å². The van der Waals surface area contributed by atoms with E-state index in [4.69, 9.17) is 4.74 Å². The zero-order chi connectivity index (χ0) is 19.2. The van der Waals surface area contributed by atoms with E-state index < -0.39 is 10.0 Å². The Balaban J connectivity index is 2.00. The SMILES string of the molecule is CC(C)CCNc1ccc(NS(=O)(=O)c2ccc(OC(C)C)cc2)cn1. The Morgan fingerprint density at radius 3 is 2.27 bits per heavy atom. The molecule has 0 saturated heterocycles. The molecule has 0 aliphatic carbocycles. The van der Waals surface area contributed by atoms with Gasteiger partial charge in [-0.2, -0.15) is 0 Å². The molecule has 7 heteroatoms. The Morgan fingerprint density at radius 1 is 1.04 bits per heavy atom. The van der Waals surface area contributed by atoms with Crippen molar-refractivity contribution in [1.82, 2.24) is 4.98 Å². The monoisotopic (exact) mass is 377 g/mol. The summed E-state index contributed by atoms with van der Waals surface area (Å²) in [5.41, 5.74) is 0.418. The molecule has 0 amide bonds. The van der Waals surface area contributed by atoms with Crippen molar-refractivity contribution in [3.8, 4) is 5.75 Å². The summed E-state index contributed by atoms with van der Waals surface area (Å²) in [4.78, 5) is 4.42. The van der Waals surface area contributed by atoms with E-state index in [9.17, 15) is 8.42 Å². The van der Waals surface area contributed by atoms with Crippen LogP contribution >= 0.6 is 0 Å². The number of hydrogen-bond acceptors (Lipinski definition) is 5. The second-order valence-corrected chi connectivity index (χ2v) is 8.47. The third kappa shape index (κ3) is 6.22. The lowest BCUT2D eigenvalue weighted by Crippen LogP contribution is -2.13. The van der Waals surface area contributed by atoms with E-state index in [-0.39, 0.29) is 11.0 Å². The van der Waals surface area contributed by atoms with Crippen molar-refractivity contribution in [1.29, 1.82) is 0 Å². The minimum Gasteiger partial charge on any atom is -0.491 e. The number of ether oxygens (including phenoxy) is 1. The van der Waals surface area contributed by atoms with E-state index in [1.807, 2.05) is 13.8 Å². The van der Waals surface area contributed by atoms with Gasteiger partial charge in [-0.25, -0.2) is 13.4 Å². The first-order valence-corrected chi connectivity index (χ1v) is 10.2. The molecule has 1 heterocycles. The van der Waals surface area contributed by atoms with Crippen LogP contribution in [0.2, 0.25) is 0 Å². The molecule has 6 nitrogen and oxygen atoms in total. The molecule has 1 aromatic carbocycles. The highest BCUT2D eigenvalue weighted by Gasteiger charge is 2.14. The summed E-state index contributed by atoms with van der Waals surface area (Å²) in [6.45, 7) is 8.99. The van der Waals surface area contributed by atoms with Crippen LogP contribution in [0.5, 0.6) is 5.75 Å². The largest absolute Gasteiger partial charge is 0.491 e. The number of benzene rings is 1. The standard InChI is InChI=1S/C19H27N3O3S/c1-14(2)11-12-20-19-10-5-16(13-21-19)22-26(23,24)18-8-6-17(7-9-18)25-15(3)4/h5-10,13-15,22H,11-12H2,1-4H3,(H,20,21). The summed E-state index contributed by atoms with van der Waals surface area (Å²) >= 11 is 0. The molecule has 0 saturated carbocycles. The molecule has 0 aliphatic rings. The summed E-state index contributed by atoms with van der Waals surface area (Å²) in [7, 11) is -3.67. The first-order chi connectivity index (χ1) is 12.3. The molecule has 142 valence electrons. The van der Waals surface area contributed by atoms with Crippen LogP contribution in [-0.2, 0) is 10.0 Å². The van der Waals surface area contributed by atoms with E-state index in [1.54, 1.807) is 24.3 Å². The summed E-state index contributed by atoms with van der Waals surface area (Å²) in [5, 5.41) is 3.22. The van der Waals surface area contributed by atoms with Gasteiger partial charge in [-0.15, -0.1) is 0 Å². The van der Waals surface area contributed by atoms with Crippen molar-refractivity contribution >= 4 is 21.5 Å². The lowest BCUT2D eigenvalue weighted by atomic mass is 10.1. The van der Waals surface area contributed by atoms with Crippen molar-refractivity contribution in [3.05, 3.63) is 42.6 Å². The second-order valence-electron chi connectivity index (χ2n) is 6.78. The van der Waals surface area contributed by atoms with Gasteiger partial charge < -0.3 is 10.1 Å². The predicted octanol–water partition coefficient (Wildman–Crippen LogP) is 4.13. The van der Waals surface area contributed by atoms with E-state index in [0.717, 1.165) is 18.8 Å². The van der Waals surface area contributed by atoms with Crippen LogP contribution in [-0.4, -0.2) is 26.1 Å². The highest BCUT2D eigenvalue weighted by molar-refractivity contribution is 7.92. The molecule has 0 radical (unpaired) electrons. The Hall–Kier alpha value is -2.28. The maximum absolute atomic E-state index is 12.5. The second kappa shape index (κ2) is 8.89. The molecular formula is C19H27N3O3S. The van der Waals surface area contributed by atoms with E-state index >= 15 is 0 Å². The van der Waals surface area contributed by atoms with Gasteiger partial charge in [0.05, 0.1) is 22.9 Å². The van der Waals surface area contributed by atoms with Crippen LogP contribution in [0.4, 0.5) is 11.5 Å². The molecule has 26 heavy (non-hydrogen) atoms. The van der Waals surface area contributed by atoms with Gasteiger partial charge in [-0.1, -0.05) is 13.8 Å². The van der Waals surface area contributed by atoms with Crippen LogP contribution in [0.25, 0.3) is 0 Å². The van der Waals surface area contributed by atoms with Gasteiger partial charge in [-0.3, -0.25) is 4.72 Å². The van der Waals surface area contributed by atoms with Gasteiger partial charge in [-0.05, 0) is 62.6 Å². The highest BCUT2D eigenvalue weighted by atomic mass is 32.2. The first-order valence-electron chi connectivity index (χ1n) is 8.76. The Kier molecular flexibility index (Phi) is 6.85. The van der Waals surface area contributed by atoms with Gasteiger partial charge in [0.15, 0.2) is 0 Å². The van der Waals surface area contributed by atoms with Gasteiger partial charge >= 0.3 is 0 Å². The number of aromatic nitrogens is 1. The maximum Gasteiger partial charge on any atom is 0.261 e. The number of nitrogens with one attached hydrogen (secondary N) is 2. The number of anilines is 2. The third-order valence-electron chi connectivity index (χ3n) is 3.55. The molecule has 2 rings (SSSR count). The number of hydrogen-bond donors (Lipinski definition) is 2. The highest BCUT2D eigenvalue weighted by Crippen LogP contribution is 2.20. The molecule has 0 unspecified atom stereocenters. The third-order valence-corrected chi connectivity index (χ3v) is 4.95. The van der Waals surface area contributed by atoms with Crippen molar-refractivity contribution in [3.63, 3.8) is 0 Å². The first kappa shape index (κ1) is 20.0. The van der Waals surface area contributed by atoms with Crippen molar-refractivity contribution in [2.75, 3.05) is 16.6 Å². The Morgan fingerprint density at radius 2 is 1.73 bits per heavy atom. The summed E-state index contributed by atoms with van der Waals surface area (Å²) in [6, 6.07) is 9.80. The molecule has 2 aromatic rings. The molecule has 0 atom stereocenters. The molecule has 2 N–H and O–H groups in total. The minimum absolute atomic E-state index is 0.0364. The normalized spacial score (nSPS) is 11.6. The smallest absolute Gasteiger partial charge is 0.261 e. The number of pyridine rings is 1. The van der Waals surface area contributed by atoms with Crippen LogP contribution < -0.4 is 14.8 Å². The van der Waals surface area contributed by atoms with Gasteiger partial charge in [0.1, 0.15) is 11.6 Å². The minimum atomic E-state index is -3.67. The lowest BCUT2D eigenvalue weighted by molar-refractivity contribution is 0.242. The number of nitrogens with zero attached hydrogens (tertiary/aromatic N) is 1. The summed E-state index contributed by atoms with van der Waals surface area (Å²) < 4.78 is 33.0. The van der Waals surface area contributed by atoms with Crippen molar-refractivity contribution < 1.29 is 13.2 Å². The van der Waals surface area contributed by atoms with Gasteiger partial charge in [0.2, 0.25) is 0 Å². The average molecular weight is 378 g/mol. The van der Waals surface area contributed by atoms with E-state index in [2.05, 4.69) is 28.9 Å². The fraction of sp³-hybridized carbons (Fsp3) is 0.421. The number of rotatable bonds is 9. The van der Waals surface area contributed by atoms with Crippen LogP contribution in [0.15, 0.2) is 47.5 Å². The Bertz CT molecular complexity index is 786. The van der Waals surface area contributed by atoms with Crippen LogP contribution in [0.1, 0.15) is 34.1 Å². The molecular weight excluding hydrogens is 350 g/mol. The predicted molar refractivity (Wildman–Crippen MR) is 105 cm³/mol. The molecule has 0 bridgehead atoms. The summed E-state index contributed by atoms with van der Waals surface area (Å²) in [6.07, 6.45) is 2.59. The lowest BCUT2D eigenvalue weighted by Gasteiger charge is -2.12. The van der Waals surface area contributed by atoms with Gasteiger partial charge in [0.25, 0.3) is 10.0 Å². The molecule has 0 fully saturated rings. The zero-order valence-electron chi connectivity index (χ0n) is 15.7. The quantitative estimate of drug-likeness (QED) is 0.687. The zero-order valence-corrected chi connectivity index (χ0v) is 16.5. The number of sulfonamides is 1. The van der Waals surface area contributed by atoms with Crippen molar-refractivity contribution in [2.24, 2.45) is 5.92 Å². The molecule has 0 spiro atoms. The topological polar surface area (TPSA) is 80.3 Å². The van der Waals surface area contributed by atoms with Crippen LogP contribution in [0, 0.1) is 5.92 Å². The Labute approximate surface area is 156 Å². The van der Waals surface area contributed by atoms with E-state index in [1.165, 1.54) is 18.3 Å². The molecule has 0 aliphatic heterocycles. The van der Waals surface area contributed by atoms with Crippen LogP contribution in [0.3, 0.4) is 0 Å².